The van der Waals surface area contributed by atoms with Crippen LogP contribution < -0.4 is 20.9 Å². The van der Waals surface area contributed by atoms with Gasteiger partial charge in [0.15, 0.2) is 0 Å². The van der Waals surface area contributed by atoms with E-state index in [9.17, 15) is 9.59 Å². The average molecular weight is 477 g/mol. The minimum Gasteiger partial charge on any atom is -0.383 e. The largest absolute Gasteiger partial charge is 0.383 e. The Hall–Kier alpha value is -2.52. The number of amides is 4. The van der Waals surface area contributed by atoms with Gasteiger partial charge in [-0.1, -0.05) is 0 Å². The van der Waals surface area contributed by atoms with Gasteiger partial charge in [0.05, 0.1) is 6.61 Å². The number of carbonyl (C=O) groups excluding carboxylic acids is 2. The monoisotopic (exact) mass is 476 g/mol. The van der Waals surface area contributed by atoms with E-state index < -0.39 is 0 Å². The molecule has 1 aromatic carbocycles. The summed E-state index contributed by atoms with van der Waals surface area (Å²) in [6, 6.07) is 5.99. The van der Waals surface area contributed by atoms with Gasteiger partial charge in [-0.25, -0.2) is 9.59 Å². The molecule has 0 atom stereocenters. The first-order chi connectivity index (χ1) is 16.0. The van der Waals surface area contributed by atoms with Crippen LogP contribution in [0.5, 0.6) is 0 Å². The van der Waals surface area contributed by atoms with Crippen LogP contribution >= 0.6 is 0 Å². The van der Waals surface area contributed by atoms with Gasteiger partial charge in [-0.2, -0.15) is 0 Å². The number of ether oxygens (including phenoxy) is 1. The fourth-order valence-corrected chi connectivity index (χ4v) is 4.14. The molecule has 1 heterocycles. The normalized spacial score (nSPS) is 15.0. The predicted molar refractivity (Wildman–Crippen MR) is 139 cm³/mol. The smallest absolute Gasteiger partial charge is 0.319 e. The van der Waals surface area contributed by atoms with Crippen molar-refractivity contribution in [2.45, 2.75) is 58.7 Å². The molecule has 1 aromatic rings. The molecule has 34 heavy (non-hydrogen) atoms. The van der Waals surface area contributed by atoms with Crippen LogP contribution in [-0.2, 0) is 11.3 Å². The van der Waals surface area contributed by atoms with Crippen molar-refractivity contribution in [3.05, 3.63) is 23.8 Å². The third kappa shape index (κ3) is 8.68. The maximum Gasteiger partial charge on any atom is 0.319 e. The Kier molecular flexibility index (Phi) is 10.4. The number of hydrogen-bond acceptors (Lipinski definition) is 5. The standard InChI is InChI=1S/C25H44N6O3/c1-8-26-24(33)31(15-16-34-7)18-19-17-20(27-23(32)28-25(2,3)4)9-10-22(19)30(6)21-11-13-29(5)14-12-21/h9-10,17,21H,8,11-16,18H2,1-7H3,(H,26,33)(H2,27,28,32). The van der Waals surface area contributed by atoms with E-state index in [-0.39, 0.29) is 17.6 Å². The summed E-state index contributed by atoms with van der Waals surface area (Å²) in [5.41, 5.74) is 2.41. The first-order valence-electron chi connectivity index (χ1n) is 12.2. The van der Waals surface area contributed by atoms with Gasteiger partial charge in [-0.05, 0) is 84.4 Å². The fourth-order valence-electron chi connectivity index (χ4n) is 4.14. The van der Waals surface area contributed by atoms with E-state index in [4.69, 9.17) is 4.74 Å². The van der Waals surface area contributed by atoms with Crippen molar-refractivity contribution in [3.63, 3.8) is 0 Å². The highest BCUT2D eigenvalue weighted by Crippen LogP contribution is 2.29. The number of urea groups is 2. The maximum atomic E-state index is 12.8. The van der Waals surface area contributed by atoms with Gasteiger partial charge in [0.1, 0.15) is 0 Å². The zero-order valence-corrected chi connectivity index (χ0v) is 22.0. The van der Waals surface area contributed by atoms with E-state index in [2.05, 4.69) is 39.8 Å². The summed E-state index contributed by atoms with van der Waals surface area (Å²) in [5, 5.41) is 8.77. The molecule has 0 aromatic heterocycles. The summed E-state index contributed by atoms with van der Waals surface area (Å²) >= 11 is 0. The third-order valence-electron chi connectivity index (χ3n) is 5.98. The molecule has 0 unspecified atom stereocenters. The van der Waals surface area contributed by atoms with Crippen LogP contribution in [0.15, 0.2) is 18.2 Å². The van der Waals surface area contributed by atoms with Crippen molar-refractivity contribution in [1.29, 1.82) is 0 Å². The van der Waals surface area contributed by atoms with Crippen molar-refractivity contribution in [2.75, 3.05) is 64.2 Å². The molecule has 0 saturated carbocycles. The Balaban J connectivity index is 2.33. The van der Waals surface area contributed by atoms with Gasteiger partial charge in [-0.3, -0.25) is 0 Å². The molecule has 2 rings (SSSR count). The van der Waals surface area contributed by atoms with E-state index in [0.717, 1.165) is 37.2 Å². The first kappa shape index (κ1) is 27.7. The highest BCUT2D eigenvalue weighted by atomic mass is 16.5. The van der Waals surface area contributed by atoms with Crippen molar-refractivity contribution in [1.82, 2.24) is 20.4 Å². The Morgan fingerprint density at radius 1 is 1.21 bits per heavy atom. The van der Waals surface area contributed by atoms with Crippen molar-refractivity contribution >= 4 is 23.4 Å². The molecule has 9 nitrogen and oxygen atoms in total. The lowest BCUT2D eigenvalue weighted by molar-refractivity contribution is 0.147. The number of nitrogens with one attached hydrogen (secondary N) is 3. The summed E-state index contributed by atoms with van der Waals surface area (Å²) in [4.78, 5) is 31.7. The molecule has 3 N–H and O–H groups in total. The quantitative estimate of drug-likeness (QED) is 0.509. The number of nitrogens with zero attached hydrogens (tertiary/aromatic N) is 3. The lowest BCUT2D eigenvalue weighted by Crippen LogP contribution is -2.44. The number of piperidine rings is 1. The van der Waals surface area contributed by atoms with Crippen molar-refractivity contribution in [3.8, 4) is 0 Å². The van der Waals surface area contributed by atoms with Crippen LogP contribution in [0.4, 0.5) is 21.0 Å². The Morgan fingerprint density at radius 3 is 2.47 bits per heavy atom. The van der Waals surface area contributed by atoms with Gasteiger partial charge in [0.25, 0.3) is 0 Å². The summed E-state index contributed by atoms with van der Waals surface area (Å²) in [7, 11) is 5.91. The molecule has 0 aliphatic carbocycles. The van der Waals surface area contributed by atoms with E-state index in [1.54, 1.807) is 12.0 Å². The number of hydrogen-bond donors (Lipinski definition) is 3. The van der Waals surface area contributed by atoms with Crippen LogP contribution in [0.3, 0.4) is 0 Å². The van der Waals surface area contributed by atoms with Crippen LogP contribution in [0.1, 0.15) is 46.1 Å². The number of likely N-dealkylation sites (tertiary alicyclic amines) is 1. The van der Waals surface area contributed by atoms with Gasteiger partial charge in [-0.15, -0.1) is 0 Å². The highest BCUT2D eigenvalue weighted by Gasteiger charge is 2.24. The second-order valence-corrected chi connectivity index (χ2v) is 10.1. The Bertz CT molecular complexity index is 802. The number of methoxy groups -OCH3 is 1. The Morgan fingerprint density at radius 2 is 1.88 bits per heavy atom. The summed E-state index contributed by atoms with van der Waals surface area (Å²) in [5.74, 6) is 0. The van der Waals surface area contributed by atoms with Gasteiger partial charge in [0.2, 0.25) is 0 Å². The second kappa shape index (κ2) is 12.8. The lowest BCUT2D eigenvalue weighted by Gasteiger charge is -2.38. The molecule has 1 aliphatic rings. The molecule has 0 bridgehead atoms. The van der Waals surface area contributed by atoms with E-state index in [1.807, 2.05) is 45.9 Å². The van der Waals surface area contributed by atoms with Crippen LogP contribution in [0, 0.1) is 0 Å². The number of carbonyl (C=O) groups is 2. The molecule has 9 heteroatoms. The van der Waals surface area contributed by atoms with Crippen LogP contribution in [0.2, 0.25) is 0 Å². The minimum atomic E-state index is -0.337. The molecule has 1 fully saturated rings. The summed E-state index contributed by atoms with van der Waals surface area (Å²) in [6.45, 7) is 11.8. The number of benzene rings is 1. The molecule has 0 radical (unpaired) electrons. The van der Waals surface area contributed by atoms with Gasteiger partial charge < -0.3 is 35.4 Å². The zero-order valence-electron chi connectivity index (χ0n) is 22.0. The van der Waals surface area contributed by atoms with Gasteiger partial charge in [0, 0.05) is 56.7 Å². The topological polar surface area (TPSA) is 89.2 Å². The van der Waals surface area contributed by atoms with Crippen LogP contribution in [-0.4, -0.2) is 87.4 Å². The third-order valence-corrected chi connectivity index (χ3v) is 5.98. The highest BCUT2D eigenvalue weighted by molar-refractivity contribution is 5.90. The van der Waals surface area contributed by atoms with Crippen molar-refractivity contribution in [2.24, 2.45) is 0 Å². The molecular formula is C25H44N6O3. The maximum absolute atomic E-state index is 12.8. The molecule has 4 amide bonds. The van der Waals surface area contributed by atoms with E-state index in [1.165, 1.54) is 0 Å². The first-order valence-corrected chi connectivity index (χ1v) is 12.2. The van der Waals surface area contributed by atoms with E-state index >= 15 is 0 Å². The lowest BCUT2D eigenvalue weighted by atomic mass is 10.0. The summed E-state index contributed by atoms with van der Waals surface area (Å²) < 4.78 is 5.24. The minimum absolute atomic E-state index is 0.128. The number of rotatable bonds is 9. The van der Waals surface area contributed by atoms with E-state index in [0.29, 0.717) is 38.0 Å². The zero-order chi connectivity index (χ0) is 25.3. The predicted octanol–water partition coefficient (Wildman–Crippen LogP) is 3.31. The SMILES string of the molecule is CCNC(=O)N(CCOC)Cc1cc(NC(=O)NC(C)(C)C)ccc1N(C)C1CCN(C)CC1. The fraction of sp³-hybridized carbons (Fsp3) is 0.680. The van der Waals surface area contributed by atoms with Gasteiger partial charge >= 0.3 is 12.1 Å². The van der Waals surface area contributed by atoms with Crippen LogP contribution in [0.25, 0.3) is 0 Å². The Labute approximate surface area is 205 Å². The number of anilines is 2. The molecular weight excluding hydrogens is 432 g/mol. The molecule has 192 valence electrons. The average Bonchev–Trinajstić information content (AvgIpc) is 2.75. The second-order valence-electron chi connectivity index (χ2n) is 10.1. The summed E-state index contributed by atoms with van der Waals surface area (Å²) in [6.07, 6.45) is 2.17. The molecule has 0 spiro atoms. The molecule has 1 saturated heterocycles. The van der Waals surface area contributed by atoms with Crippen molar-refractivity contribution < 1.29 is 14.3 Å². The molecule has 1 aliphatic heterocycles.